The molecule has 0 aliphatic carbocycles. The van der Waals surface area contributed by atoms with Crippen LogP contribution in [0.5, 0.6) is 0 Å². The largest absolute Gasteiger partial charge is 0.291 e. The van der Waals surface area contributed by atoms with E-state index in [0.29, 0.717) is 16.9 Å². The van der Waals surface area contributed by atoms with E-state index < -0.39 is 11.7 Å². The van der Waals surface area contributed by atoms with E-state index in [1.54, 1.807) is 16.8 Å². The summed E-state index contributed by atoms with van der Waals surface area (Å²) in [5.74, 6) is -0.495. The molecule has 0 aliphatic rings. The number of benzene rings is 1. The molecule has 0 aliphatic heterocycles. The maximum Gasteiger partial charge on any atom is 0.260 e. The maximum absolute atomic E-state index is 13.8. The lowest BCUT2D eigenvalue weighted by molar-refractivity contribution is 0.102. The van der Waals surface area contributed by atoms with Crippen LogP contribution in [0.1, 0.15) is 31.1 Å². The molecule has 2 aromatic heterocycles. The van der Waals surface area contributed by atoms with Gasteiger partial charge < -0.3 is 0 Å². The highest BCUT2D eigenvalue weighted by Gasteiger charge is 2.21. The Morgan fingerprint density at radius 1 is 1.22 bits per heavy atom. The van der Waals surface area contributed by atoms with Gasteiger partial charge >= 0.3 is 0 Å². The van der Waals surface area contributed by atoms with E-state index >= 15 is 0 Å². The third kappa shape index (κ3) is 2.77. The van der Waals surface area contributed by atoms with Crippen molar-refractivity contribution < 1.29 is 9.18 Å². The van der Waals surface area contributed by atoms with Crippen LogP contribution in [0.3, 0.4) is 0 Å². The van der Waals surface area contributed by atoms with Crippen molar-refractivity contribution in [3.05, 3.63) is 48.2 Å². The number of amides is 1. The van der Waals surface area contributed by atoms with Gasteiger partial charge in [-0.2, -0.15) is 10.1 Å². The predicted molar refractivity (Wildman–Crippen MR) is 84.7 cm³/mol. The summed E-state index contributed by atoms with van der Waals surface area (Å²) in [6.07, 6.45) is 2.90. The van der Waals surface area contributed by atoms with Gasteiger partial charge in [0.15, 0.2) is 0 Å². The molecular weight excluding hydrogens is 297 g/mol. The smallest absolute Gasteiger partial charge is 0.260 e. The van der Waals surface area contributed by atoms with E-state index in [2.05, 4.69) is 20.4 Å². The second kappa shape index (κ2) is 5.42. The third-order valence-electron chi connectivity index (χ3n) is 3.37. The van der Waals surface area contributed by atoms with E-state index in [1.165, 1.54) is 24.7 Å². The zero-order valence-electron chi connectivity index (χ0n) is 13.0. The van der Waals surface area contributed by atoms with Crippen molar-refractivity contribution in [3.8, 4) is 0 Å². The molecule has 0 bridgehead atoms. The molecule has 3 rings (SSSR count). The quantitative estimate of drug-likeness (QED) is 0.789. The zero-order valence-corrected chi connectivity index (χ0v) is 13.0. The first-order valence-electron chi connectivity index (χ1n) is 7.13. The molecule has 1 aromatic carbocycles. The molecule has 2 heterocycles. The Morgan fingerprint density at radius 2 is 2.00 bits per heavy atom. The van der Waals surface area contributed by atoms with Crippen LogP contribution < -0.4 is 5.32 Å². The van der Waals surface area contributed by atoms with Gasteiger partial charge in [0, 0.05) is 11.6 Å². The van der Waals surface area contributed by atoms with Crippen LogP contribution in [-0.4, -0.2) is 25.7 Å². The standard InChI is InChI=1S/C16H16FN5O/c1-16(2,3)22-15(19-9-20-22)21-14(23)11-6-7-12(17)10-5-4-8-18-13(10)11/h4-9H,1-3H3,(H,19,20,21,23). The predicted octanol–water partition coefficient (Wildman–Crippen LogP) is 2.97. The summed E-state index contributed by atoms with van der Waals surface area (Å²) < 4.78 is 15.4. The van der Waals surface area contributed by atoms with Gasteiger partial charge in [0.05, 0.1) is 16.6 Å². The van der Waals surface area contributed by atoms with Crippen molar-refractivity contribution in [2.45, 2.75) is 26.3 Å². The number of nitrogens with one attached hydrogen (secondary N) is 1. The van der Waals surface area contributed by atoms with Crippen molar-refractivity contribution in [3.63, 3.8) is 0 Å². The Labute approximate surface area is 132 Å². The number of hydrogen-bond acceptors (Lipinski definition) is 4. The molecule has 6 nitrogen and oxygen atoms in total. The van der Waals surface area contributed by atoms with Crippen LogP contribution in [0.4, 0.5) is 10.3 Å². The number of pyridine rings is 1. The summed E-state index contributed by atoms with van der Waals surface area (Å²) in [5, 5.41) is 7.14. The van der Waals surface area contributed by atoms with Crippen LogP contribution in [-0.2, 0) is 5.54 Å². The number of aromatic nitrogens is 4. The number of carbonyl (C=O) groups excluding carboxylic acids is 1. The van der Waals surface area contributed by atoms with Gasteiger partial charge in [0.25, 0.3) is 5.91 Å². The fourth-order valence-electron chi connectivity index (χ4n) is 2.31. The van der Waals surface area contributed by atoms with E-state index in [4.69, 9.17) is 0 Å². The molecule has 0 saturated carbocycles. The van der Waals surface area contributed by atoms with Gasteiger partial charge in [-0.3, -0.25) is 15.1 Å². The number of rotatable bonds is 2. The second-order valence-electron chi connectivity index (χ2n) is 6.11. The van der Waals surface area contributed by atoms with Gasteiger partial charge in [-0.05, 0) is 45.0 Å². The first-order valence-corrected chi connectivity index (χ1v) is 7.13. The number of halogens is 1. The Morgan fingerprint density at radius 3 is 2.74 bits per heavy atom. The Bertz CT molecular complexity index is 882. The molecule has 0 spiro atoms. The number of carbonyl (C=O) groups is 1. The van der Waals surface area contributed by atoms with Gasteiger partial charge in [-0.1, -0.05) is 0 Å². The molecule has 3 aromatic rings. The normalized spacial score (nSPS) is 11.7. The van der Waals surface area contributed by atoms with Crippen LogP contribution in [0.2, 0.25) is 0 Å². The molecule has 0 unspecified atom stereocenters. The Balaban J connectivity index is 2.00. The van der Waals surface area contributed by atoms with Crippen molar-refractivity contribution in [1.29, 1.82) is 0 Å². The van der Waals surface area contributed by atoms with E-state index in [9.17, 15) is 9.18 Å². The van der Waals surface area contributed by atoms with Crippen molar-refractivity contribution in [1.82, 2.24) is 19.7 Å². The molecule has 1 N–H and O–H groups in total. The SMILES string of the molecule is CC(C)(C)n1ncnc1NC(=O)c1ccc(F)c2cccnc12. The zero-order chi connectivity index (χ0) is 16.6. The summed E-state index contributed by atoms with van der Waals surface area (Å²) in [6.45, 7) is 5.85. The minimum absolute atomic E-state index is 0.283. The summed E-state index contributed by atoms with van der Waals surface area (Å²) in [6, 6.07) is 5.89. The van der Waals surface area contributed by atoms with Gasteiger partial charge in [-0.25, -0.2) is 9.07 Å². The van der Waals surface area contributed by atoms with Gasteiger partial charge in [-0.15, -0.1) is 0 Å². The summed E-state index contributed by atoms with van der Waals surface area (Å²) in [5.41, 5.74) is 0.264. The van der Waals surface area contributed by atoms with E-state index in [-0.39, 0.29) is 11.1 Å². The lowest BCUT2D eigenvalue weighted by Gasteiger charge is -2.21. The molecule has 0 fully saturated rings. The molecule has 0 saturated heterocycles. The monoisotopic (exact) mass is 313 g/mol. The first-order chi connectivity index (χ1) is 10.9. The molecule has 0 atom stereocenters. The van der Waals surface area contributed by atoms with Crippen LogP contribution in [0, 0.1) is 5.82 Å². The van der Waals surface area contributed by atoms with Crippen LogP contribution >= 0.6 is 0 Å². The Hall–Kier alpha value is -2.83. The van der Waals surface area contributed by atoms with Gasteiger partial charge in [0.2, 0.25) is 5.95 Å². The highest BCUT2D eigenvalue weighted by molar-refractivity contribution is 6.11. The molecule has 7 heteroatoms. The van der Waals surface area contributed by atoms with Crippen molar-refractivity contribution in [2.24, 2.45) is 0 Å². The average molecular weight is 313 g/mol. The van der Waals surface area contributed by atoms with E-state index in [0.717, 1.165) is 0 Å². The second-order valence-corrected chi connectivity index (χ2v) is 6.11. The molecule has 118 valence electrons. The highest BCUT2D eigenvalue weighted by atomic mass is 19.1. The molecule has 0 radical (unpaired) electrons. The van der Waals surface area contributed by atoms with Crippen molar-refractivity contribution >= 4 is 22.8 Å². The number of nitrogens with zero attached hydrogens (tertiary/aromatic N) is 4. The summed E-state index contributed by atoms with van der Waals surface area (Å²) in [7, 11) is 0. The van der Waals surface area contributed by atoms with Crippen molar-refractivity contribution in [2.75, 3.05) is 5.32 Å². The minimum Gasteiger partial charge on any atom is -0.291 e. The van der Waals surface area contributed by atoms with Crippen LogP contribution in [0.15, 0.2) is 36.8 Å². The fourth-order valence-corrected chi connectivity index (χ4v) is 2.31. The molecular formula is C16H16FN5O. The lowest BCUT2D eigenvalue weighted by Crippen LogP contribution is -2.27. The third-order valence-corrected chi connectivity index (χ3v) is 3.37. The Kier molecular flexibility index (Phi) is 3.55. The summed E-state index contributed by atoms with van der Waals surface area (Å²) >= 11 is 0. The number of hydrogen-bond donors (Lipinski definition) is 1. The summed E-state index contributed by atoms with van der Waals surface area (Å²) in [4.78, 5) is 20.8. The average Bonchev–Trinajstić information content (AvgIpc) is 2.96. The van der Waals surface area contributed by atoms with Crippen LogP contribution in [0.25, 0.3) is 10.9 Å². The topological polar surface area (TPSA) is 72.7 Å². The molecule has 23 heavy (non-hydrogen) atoms. The molecule has 1 amide bonds. The highest BCUT2D eigenvalue weighted by Crippen LogP contribution is 2.22. The minimum atomic E-state index is -0.414. The first kappa shape index (κ1) is 15.1. The van der Waals surface area contributed by atoms with E-state index in [1.807, 2.05) is 20.8 Å². The number of fused-ring (bicyclic) bond motifs is 1. The maximum atomic E-state index is 13.8. The van der Waals surface area contributed by atoms with Gasteiger partial charge in [0.1, 0.15) is 12.1 Å². The fraction of sp³-hybridized carbons (Fsp3) is 0.250. The lowest BCUT2D eigenvalue weighted by atomic mass is 10.1. The number of anilines is 1.